The van der Waals surface area contributed by atoms with Crippen molar-refractivity contribution in [1.82, 2.24) is 8.61 Å². The summed E-state index contributed by atoms with van der Waals surface area (Å²) in [4.78, 5) is 11.2. The van der Waals surface area contributed by atoms with Crippen LogP contribution in [0.3, 0.4) is 0 Å². The lowest BCUT2D eigenvalue weighted by atomic mass is 9.92. The van der Waals surface area contributed by atoms with Gasteiger partial charge in [-0.05, 0) is 32.1 Å². The summed E-state index contributed by atoms with van der Waals surface area (Å²) in [6.07, 6.45) is 2.05. The summed E-state index contributed by atoms with van der Waals surface area (Å²) in [7, 11) is -3.51. The van der Waals surface area contributed by atoms with Crippen LogP contribution in [-0.2, 0) is 15.0 Å². The Morgan fingerprint density at radius 1 is 1.21 bits per heavy atom. The number of hydrogen-bond donors (Lipinski definition) is 1. The van der Waals surface area contributed by atoms with Crippen LogP contribution in [0.4, 0.5) is 0 Å². The van der Waals surface area contributed by atoms with E-state index in [2.05, 4.69) is 0 Å². The van der Waals surface area contributed by atoms with Crippen molar-refractivity contribution in [2.45, 2.75) is 39.2 Å². The SMILES string of the molecule is CC1CCN(S(=O)(=O)N2CCC[C@H](C(=O)O)[C@@H]2C)C1. The molecule has 2 heterocycles. The fourth-order valence-corrected chi connectivity index (χ4v) is 5.02. The normalized spacial score (nSPS) is 34.5. The van der Waals surface area contributed by atoms with E-state index in [0.717, 1.165) is 6.42 Å². The molecule has 7 heteroatoms. The Balaban J connectivity index is 2.17. The van der Waals surface area contributed by atoms with Gasteiger partial charge in [0.1, 0.15) is 0 Å². The third kappa shape index (κ3) is 2.78. The van der Waals surface area contributed by atoms with Crippen LogP contribution in [0.15, 0.2) is 0 Å². The molecule has 3 atom stereocenters. The van der Waals surface area contributed by atoms with E-state index >= 15 is 0 Å². The smallest absolute Gasteiger partial charge is 0.308 e. The second kappa shape index (κ2) is 5.38. The molecule has 2 saturated heterocycles. The highest BCUT2D eigenvalue weighted by Gasteiger charge is 2.42. The van der Waals surface area contributed by atoms with Gasteiger partial charge in [0.2, 0.25) is 0 Å². The Kier molecular flexibility index (Phi) is 4.17. The molecule has 0 aliphatic carbocycles. The summed E-state index contributed by atoms with van der Waals surface area (Å²) < 4.78 is 28.0. The molecule has 0 aromatic rings. The summed E-state index contributed by atoms with van der Waals surface area (Å²) in [5.41, 5.74) is 0. The average molecular weight is 290 g/mol. The zero-order valence-corrected chi connectivity index (χ0v) is 12.3. The highest BCUT2D eigenvalue weighted by atomic mass is 32.2. The van der Waals surface area contributed by atoms with Crippen molar-refractivity contribution in [2.24, 2.45) is 11.8 Å². The molecule has 6 nitrogen and oxygen atoms in total. The lowest BCUT2D eigenvalue weighted by molar-refractivity contribution is -0.144. The Bertz CT molecular complexity index is 451. The quantitative estimate of drug-likeness (QED) is 0.832. The minimum Gasteiger partial charge on any atom is -0.481 e. The van der Waals surface area contributed by atoms with E-state index in [9.17, 15) is 13.2 Å². The van der Waals surface area contributed by atoms with E-state index in [4.69, 9.17) is 5.11 Å². The van der Waals surface area contributed by atoms with Crippen LogP contribution in [0.1, 0.15) is 33.1 Å². The molecule has 1 unspecified atom stereocenters. The van der Waals surface area contributed by atoms with E-state index in [0.29, 0.717) is 38.4 Å². The molecule has 110 valence electrons. The van der Waals surface area contributed by atoms with Gasteiger partial charge in [0.05, 0.1) is 5.92 Å². The number of aliphatic carboxylic acids is 1. The zero-order chi connectivity index (χ0) is 14.2. The summed E-state index contributed by atoms with van der Waals surface area (Å²) in [6, 6.07) is -0.466. The van der Waals surface area contributed by atoms with Gasteiger partial charge in [-0.15, -0.1) is 0 Å². The number of carboxylic acid groups (broad SMARTS) is 1. The van der Waals surface area contributed by atoms with Gasteiger partial charge in [-0.1, -0.05) is 6.92 Å². The maximum atomic E-state index is 12.6. The summed E-state index contributed by atoms with van der Waals surface area (Å²) in [5.74, 6) is -1.11. The van der Waals surface area contributed by atoms with E-state index in [1.54, 1.807) is 6.92 Å². The topological polar surface area (TPSA) is 77.9 Å². The molecule has 2 fully saturated rings. The van der Waals surface area contributed by atoms with Crippen LogP contribution in [0, 0.1) is 11.8 Å². The zero-order valence-electron chi connectivity index (χ0n) is 11.4. The number of hydrogen-bond acceptors (Lipinski definition) is 3. The second-order valence-corrected chi connectivity index (χ2v) is 7.58. The molecule has 0 spiro atoms. The highest BCUT2D eigenvalue weighted by Crippen LogP contribution is 2.29. The molecular weight excluding hydrogens is 268 g/mol. The molecule has 0 amide bonds. The monoisotopic (exact) mass is 290 g/mol. The molecule has 0 aromatic heterocycles. The third-order valence-corrected chi connectivity index (χ3v) is 6.35. The van der Waals surface area contributed by atoms with Gasteiger partial charge in [-0.3, -0.25) is 4.79 Å². The number of piperidine rings is 1. The molecule has 0 bridgehead atoms. The minimum absolute atomic E-state index is 0.380. The van der Waals surface area contributed by atoms with E-state index in [-0.39, 0.29) is 0 Å². The van der Waals surface area contributed by atoms with Gasteiger partial charge in [-0.2, -0.15) is 17.0 Å². The maximum absolute atomic E-state index is 12.6. The standard InChI is InChI=1S/C12H22N2O4S/c1-9-5-7-13(8-9)19(17,18)14-6-3-4-11(10(14)2)12(15)16/h9-11H,3-8H2,1-2H3,(H,15,16)/t9?,10-,11-/m0/s1. The number of carbonyl (C=O) groups is 1. The average Bonchev–Trinajstić information content (AvgIpc) is 2.76. The highest BCUT2D eigenvalue weighted by molar-refractivity contribution is 7.86. The summed E-state index contributed by atoms with van der Waals surface area (Å²) in [5, 5.41) is 9.16. The fourth-order valence-electron chi connectivity index (χ4n) is 3.02. The minimum atomic E-state index is -3.51. The van der Waals surface area contributed by atoms with Crippen molar-refractivity contribution in [3.05, 3.63) is 0 Å². The molecule has 0 radical (unpaired) electrons. The van der Waals surface area contributed by atoms with Crippen LogP contribution >= 0.6 is 0 Å². The Morgan fingerprint density at radius 2 is 1.89 bits per heavy atom. The Hall–Kier alpha value is -0.660. The predicted molar refractivity (Wildman–Crippen MR) is 70.8 cm³/mol. The van der Waals surface area contributed by atoms with Crippen molar-refractivity contribution in [3.63, 3.8) is 0 Å². The Morgan fingerprint density at radius 3 is 2.42 bits per heavy atom. The second-order valence-electron chi connectivity index (χ2n) is 5.70. The molecule has 2 aliphatic rings. The lowest BCUT2D eigenvalue weighted by Crippen LogP contribution is -2.53. The van der Waals surface area contributed by atoms with Crippen molar-refractivity contribution in [3.8, 4) is 0 Å². The predicted octanol–water partition coefficient (Wildman–Crippen LogP) is 0.758. The van der Waals surface area contributed by atoms with Crippen molar-refractivity contribution >= 4 is 16.2 Å². The van der Waals surface area contributed by atoms with Gasteiger partial charge in [0.15, 0.2) is 0 Å². The van der Waals surface area contributed by atoms with Crippen molar-refractivity contribution in [1.29, 1.82) is 0 Å². The first kappa shape index (κ1) is 14.7. The first-order valence-corrected chi connectivity index (χ1v) is 8.23. The van der Waals surface area contributed by atoms with Crippen molar-refractivity contribution in [2.75, 3.05) is 19.6 Å². The van der Waals surface area contributed by atoms with E-state index in [1.165, 1.54) is 8.61 Å². The van der Waals surface area contributed by atoms with E-state index in [1.807, 2.05) is 6.92 Å². The van der Waals surface area contributed by atoms with Crippen LogP contribution < -0.4 is 0 Å². The molecule has 0 saturated carbocycles. The van der Waals surface area contributed by atoms with Gasteiger partial charge in [-0.25, -0.2) is 0 Å². The van der Waals surface area contributed by atoms with E-state index < -0.39 is 28.1 Å². The number of carboxylic acids is 1. The third-order valence-electron chi connectivity index (χ3n) is 4.26. The molecule has 2 aliphatic heterocycles. The first-order chi connectivity index (χ1) is 8.84. The first-order valence-electron chi connectivity index (χ1n) is 6.83. The van der Waals surface area contributed by atoms with Crippen molar-refractivity contribution < 1.29 is 18.3 Å². The molecule has 19 heavy (non-hydrogen) atoms. The summed E-state index contributed by atoms with van der Waals surface area (Å²) in [6.45, 7) is 5.26. The molecule has 2 rings (SSSR count). The number of rotatable bonds is 3. The van der Waals surface area contributed by atoms with Crippen LogP contribution in [0.2, 0.25) is 0 Å². The molecule has 0 aromatic carbocycles. The fraction of sp³-hybridized carbons (Fsp3) is 0.917. The summed E-state index contributed by atoms with van der Waals surface area (Å²) >= 11 is 0. The van der Waals surface area contributed by atoms with Crippen LogP contribution in [0.5, 0.6) is 0 Å². The van der Waals surface area contributed by atoms with Gasteiger partial charge < -0.3 is 5.11 Å². The Labute approximate surface area is 114 Å². The van der Waals surface area contributed by atoms with Gasteiger partial charge >= 0.3 is 5.97 Å². The van der Waals surface area contributed by atoms with Crippen LogP contribution in [-0.4, -0.2) is 53.8 Å². The van der Waals surface area contributed by atoms with Gasteiger partial charge in [0.25, 0.3) is 10.2 Å². The largest absolute Gasteiger partial charge is 0.481 e. The van der Waals surface area contributed by atoms with Gasteiger partial charge in [0, 0.05) is 25.7 Å². The lowest BCUT2D eigenvalue weighted by Gasteiger charge is -2.38. The molecule has 1 N–H and O–H groups in total. The molecular formula is C12H22N2O4S. The maximum Gasteiger partial charge on any atom is 0.308 e. The number of nitrogens with zero attached hydrogens (tertiary/aromatic N) is 2. The van der Waals surface area contributed by atoms with Crippen LogP contribution in [0.25, 0.3) is 0 Å².